The average Bonchev–Trinajstić information content (AvgIpc) is 2.86. The fraction of sp³-hybridized carbons (Fsp3) is 0.833. The molecule has 1 saturated heterocycles. The average molecular weight is 293 g/mol. The zero-order chi connectivity index (χ0) is 15.3. The van der Waals surface area contributed by atoms with Crippen molar-refractivity contribution in [1.29, 1.82) is 0 Å². The molecule has 3 heteroatoms. The third kappa shape index (κ3) is 5.37. The first kappa shape index (κ1) is 16.4. The molecule has 120 valence electrons. The molecule has 3 nitrogen and oxygen atoms in total. The van der Waals surface area contributed by atoms with Crippen molar-refractivity contribution in [3.05, 3.63) is 12.2 Å². The van der Waals surface area contributed by atoms with Gasteiger partial charge in [0.2, 0.25) is 0 Å². The van der Waals surface area contributed by atoms with Gasteiger partial charge in [-0.05, 0) is 58.8 Å². The molecular formula is C18H31NO2. The second-order valence-electron chi connectivity index (χ2n) is 7.53. The van der Waals surface area contributed by atoms with Crippen LogP contribution in [0.5, 0.6) is 0 Å². The maximum atomic E-state index is 12.2. The molecule has 0 radical (unpaired) electrons. The van der Waals surface area contributed by atoms with Crippen LogP contribution < -0.4 is 0 Å². The minimum absolute atomic E-state index is 0.143. The Hall–Kier alpha value is -0.990. The highest BCUT2D eigenvalue weighted by Gasteiger charge is 2.31. The molecule has 2 rings (SSSR count). The summed E-state index contributed by atoms with van der Waals surface area (Å²) in [5.41, 5.74) is -0.401. The SMILES string of the molecule is CC(C)(C)OC(=O)N1CCCC1C/C=C\C1CCCCC1. The summed E-state index contributed by atoms with van der Waals surface area (Å²) in [6.07, 6.45) is 14.6. The fourth-order valence-electron chi connectivity index (χ4n) is 3.40. The Kier molecular flexibility index (Phi) is 5.72. The van der Waals surface area contributed by atoms with Gasteiger partial charge in [0.1, 0.15) is 5.60 Å². The van der Waals surface area contributed by atoms with Crippen molar-refractivity contribution in [1.82, 2.24) is 4.90 Å². The first-order valence-electron chi connectivity index (χ1n) is 8.62. The molecule has 0 spiro atoms. The smallest absolute Gasteiger partial charge is 0.410 e. The largest absolute Gasteiger partial charge is 0.444 e. The van der Waals surface area contributed by atoms with Crippen LogP contribution in [0.25, 0.3) is 0 Å². The first-order chi connectivity index (χ1) is 9.96. The van der Waals surface area contributed by atoms with Gasteiger partial charge in [0, 0.05) is 12.6 Å². The summed E-state index contributed by atoms with van der Waals surface area (Å²) in [4.78, 5) is 14.1. The lowest BCUT2D eigenvalue weighted by atomic mass is 9.89. The van der Waals surface area contributed by atoms with Crippen LogP contribution in [0, 0.1) is 5.92 Å². The number of carbonyl (C=O) groups excluding carboxylic acids is 1. The van der Waals surface area contributed by atoms with E-state index in [0.29, 0.717) is 6.04 Å². The summed E-state index contributed by atoms with van der Waals surface area (Å²) in [6.45, 7) is 6.63. The summed E-state index contributed by atoms with van der Waals surface area (Å²) in [6, 6.07) is 0.333. The summed E-state index contributed by atoms with van der Waals surface area (Å²) < 4.78 is 5.51. The van der Waals surface area contributed by atoms with E-state index in [2.05, 4.69) is 12.2 Å². The number of hydrogen-bond donors (Lipinski definition) is 0. The van der Waals surface area contributed by atoms with E-state index in [-0.39, 0.29) is 6.09 Å². The normalized spacial score (nSPS) is 24.7. The number of carbonyl (C=O) groups is 1. The Morgan fingerprint density at radius 1 is 1.14 bits per heavy atom. The lowest BCUT2D eigenvalue weighted by Crippen LogP contribution is -2.39. The van der Waals surface area contributed by atoms with E-state index in [1.165, 1.54) is 32.1 Å². The molecule has 1 amide bonds. The second-order valence-corrected chi connectivity index (χ2v) is 7.53. The van der Waals surface area contributed by atoms with Crippen LogP contribution >= 0.6 is 0 Å². The minimum Gasteiger partial charge on any atom is -0.444 e. The zero-order valence-electron chi connectivity index (χ0n) is 13.9. The van der Waals surface area contributed by atoms with Gasteiger partial charge in [-0.3, -0.25) is 0 Å². The van der Waals surface area contributed by atoms with Crippen LogP contribution in [-0.2, 0) is 4.74 Å². The number of rotatable bonds is 3. The maximum Gasteiger partial charge on any atom is 0.410 e. The zero-order valence-corrected chi connectivity index (χ0v) is 13.9. The van der Waals surface area contributed by atoms with Crippen LogP contribution in [0.4, 0.5) is 4.79 Å². The van der Waals surface area contributed by atoms with Gasteiger partial charge in [-0.2, -0.15) is 0 Å². The second kappa shape index (κ2) is 7.33. The van der Waals surface area contributed by atoms with E-state index >= 15 is 0 Å². The summed E-state index contributed by atoms with van der Waals surface area (Å²) in [7, 11) is 0. The Bertz CT molecular complexity index is 364. The van der Waals surface area contributed by atoms with E-state index in [1.807, 2.05) is 25.7 Å². The minimum atomic E-state index is -0.401. The van der Waals surface area contributed by atoms with Crippen LogP contribution in [0.2, 0.25) is 0 Å². The van der Waals surface area contributed by atoms with Crippen molar-refractivity contribution in [2.45, 2.75) is 83.8 Å². The third-order valence-electron chi connectivity index (χ3n) is 4.47. The molecule has 0 bridgehead atoms. The molecule has 1 atom stereocenters. The van der Waals surface area contributed by atoms with Crippen LogP contribution in [0.15, 0.2) is 12.2 Å². The van der Waals surface area contributed by atoms with Crippen LogP contribution in [0.1, 0.15) is 72.1 Å². The van der Waals surface area contributed by atoms with Crippen LogP contribution in [-0.4, -0.2) is 29.2 Å². The molecule has 1 unspecified atom stereocenters. The molecule has 0 aromatic rings. The number of ether oxygens (including phenoxy) is 1. The third-order valence-corrected chi connectivity index (χ3v) is 4.47. The van der Waals surface area contributed by atoms with Gasteiger partial charge in [-0.25, -0.2) is 4.79 Å². The number of amides is 1. The molecule has 2 fully saturated rings. The molecule has 1 aliphatic carbocycles. The number of allylic oxidation sites excluding steroid dienone is 1. The summed E-state index contributed by atoms with van der Waals surface area (Å²) in [5.74, 6) is 0.773. The van der Waals surface area contributed by atoms with Crippen molar-refractivity contribution in [2.24, 2.45) is 5.92 Å². The predicted molar refractivity (Wildman–Crippen MR) is 86.3 cm³/mol. The lowest BCUT2D eigenvalue weighted by molar-refractivity contribution is 0.0228. The van der Waals surface area contributed by atoms with E-state index in [0.717, 1.165) is 31.7 Å². The standard InChI is InChI=1S/C18H31NO2/c1-18(2,3)21-17(20)19-14-8-13-16(19)12-7-11-15-9-5-4-6-10-15/h7,11,15-16H,4-6,8-10,12-14H2,1-3H3/b11-7-. The van der Waals surface area contributed by atoms with Crippen molar-refractivity contribution in [2.75, 3.05) is 6.54 Å². The van der Waals surface area contributed by atoms with Gasteiger partial charge in [0.05, 0.1) is 0 Å². The van der Waals surface area contributed by atoms with Crippen molar-refractivity contribution >= 4 is 6.09 Å². The van der Waals surface area contributed by atoms with Gasteiger partial charge in [-0.15, -0.1) is 0 Å². The highest BCUT2D eigenvalue weighted by molar-refractivity contribution is 5.69. The molecule has 0 aromatic carbocycles. The monoisotopic (exact) mass is 293 g/mol. The van der Waals surface area contributed by atoms with Gasteiger partial charge in [0.15, 0.2) is 0 Å². The Balaban J connectivity index is 1.81. The van der Waals surface area contributed by atoms with E-state index in [1.54, 1.807) is 0 Å². The Morgan fingerprint density at radius 2 is 1.86 bits per heavy atom. The maximum absolute atomic E-state index is 12.2. The summed E-state index contributed by atoms with van der Waals surface area (Å²) in [5, 5.41) is 0. The number of hydrogen-bond acceptors (Lipinski definition) is 2. The lowest BCUT2D eigenvalue weighted by Gasteiger charge is -2.28. The van der Waals surface area contributed by atoms with Gasteiger partial charge < -0.3 is 9.64 Å². The topological polar surface area (TPSA) is 29.5 Å². The quantitative estimate of drug-likeness (QED) is 0.692. The molecule has 1 saturated carbocycles. The van der Waals surface area contributed by atoms with Crippen molar-refractivity contribution < 1.29 is 9.53 Å². The van der Waals surface area contributed by atoms with Gasteiger partial charge >= 0.3 is 6.09 Å². The number of nitrogens with zero attached hydrogens (tertiary/aromatic N) is 1. The molecule has 2 aliphatic rings. The first-order valence-corrected chi connectivity index (χ1v) is 8.62. The van der Waals surface area contributed by atoms with E-state index < -0.39 is 5.60 Å². The molecular weight excluding hydrogens is 262 g/mol. The van der Waals surface area contributed by atoms with Crippen molar-refractivity contribution in [3.8, 4) is 0 Å². The van der Waals surface area contributed by atoms with Gasteiger partial charge in [-0.1, -0.05) is 31.4 Å². The highest BCUT2D eigenvalue weighted by Crippen LogP contribution is 2.26. The molecule has 1 aliphatic heterocycles. The predicted octanol–water partition coefficient (Wildman–Crippen LogP) is 4.91. The van der Waals surface area contributed by atoms with Gasteiger partial charge in [0.25, 0.3) is 0 Å². The van der Waals surface area contributed by atoms with E-state index in [4.69, 9.17) is 4.74 Å². The van der Waals surface area contributed by atoms with Crippen LogP contribution in [0.3, 0.4) is 0 Å². The molecule has 0 aromatic heterocycles. The van der Waals surface area contributed by atoms with Crippen molar-refractivity contribution in [3.63, 3.8) is 0 Å². The van der Waals surface area contributed by atoms with E-state index in [9.17, 15) is 4.79 Å². The fourth-order valence-corrected chi connectivity index (χ4v) is 3.40. The Labute approximate surface area is 129 Å². The molecule has 21 heavy (non-hydrogen) atoms. The molecule has 1 heterocycles. The number of likely N-dealkylation sites (tertiary alicyclic amines) is 1. The summed E-state index contributed by atoms with van der Waals surface area (Å²) >= 11 is 0. The molecule has 0 N–H and O–H groups in total. The highest BCUT2D eigenvalue weighted by atomic mass is 16.6. The Morgan fingerprint density at radius 3 is 2.52 bits per heavy atom.